The number of anilines is 5. The minimum absolute atomic E-state index is 0.453. The van der Waals surface area contributed by atoms with Crippen molar-refractivity contribution in [2.45, 2.75) is 19.5 Å². The smallest absolute Gasteiger partial charge is 0.232 e. The fourth-order valence-electron chi connectivity index (χ4n) is 4.86. The monoisotopic (exact) mass is 548 g/mol. The van der Waals surface area contributed by atoms with Crippen LogP contribution in [-0.4, -0.2) is 76.0 Å². The van der Waals surface area contributed by atoms with Crippen molar-refractivity contribution in [3.8, 4) is 0 Å². The Kier molecular flexibility index (Phi) is 7.37. The van der Waals surface area contributed by atoms with E-state index in [4.69, 9.17) is 4.98 Å². The molecule has 206 valence electrons. The van der Waals surface area contributed by atoms with Crippen LogP contribution >= 0.6 is 0 Å². The second kappa shape index (κ2) is 10.7. The van der Waals surface area contributed by atoms with Crippen molar-refractivity contribution in [2.24, 2.45) is 0 Å². The molecule has 0 spiro atoms. The third-order valence-corrected chi connectivity index (χ3v) is 8.31. The molecule has 4 aromatic rings. The lowest BCUT2D eigenvalue weighted by Crippen LogP contribution is -2.49. The summed E-state index contributed by atoms with van der Waals surface area (Å²) in [5.41, 5.74) is 5.38. The highest BCUT2D eigenvalue weighted by molar-refractivity contribution is 7.92. The molecule has 39 heavy (non-hydrogen) atoms. The van der Waals surface area contributed by atoms with Crippen molar-refractivity contribution < 1.29 is 8.42 Å². The SMILES string of the molecule is C[C@H]1CN(c2ccc(Nc3ncc4ccn(Cc5cc(N(C)C)ccc5N(C)S(C)(=O)=O)c4n3)cc2)CCN1. The molecule has 0 unspecified atom stereocenters. The van der Waals surface area contributed by atoms with E-state index >= 15 is 0 Å². The Morgan fingerprint density at radius 2 is 1.87 bits per heavy atom. The van der Waals surface area contributed by atoms with Crippen LogP contribution in [0.2, 0.25) is 0 Å². The number of nitrogens with zero attached hydrogens (tertiary/aromatic N) is 6. The van der Waals surface area contributed by atoms with Gasteiger partial charge in [0.25, 0.3) is 0 Å². The summed E-state index contributed by atoms with van der Waals surface area (Å²) in [4.78, 5) is 13.7. The Morgan fingerprint density at radius 3 is 2.56 bits per heavy atom. The van der Waals surface area contributed by atoms with Gasteiger partial charge in [-0.2, -0.15) is 4.98 Å². The van der Waals surface area contributed by atoms with Gasteiger partial charge in [0, 0.05) is 81.7 Å². The minimum Gasteiger partial charge on any atom is -0.378 e. The van der Waals surface area contributed by atoms with Gasteiger partial charge in [0.1, 0.15) is 5.65 Å². The van der Waals surface area contributed by atoms with Gasteiger partial charge in [-0.15, -0.1) is 0 Å². The van der Waals surface area contributed by atoms with Crippen LogP contribution in [0.25, 0.3) is 11.0 Å². The molecule has 1 fully saturated rings. The topological polar surface area (TPSA) is 98.6 Å². The number of benzene rings is 2. The standard InChI is InChI=1S/C28H36N8O2S/c1-20-18-35(15-13-29-20)24-8-6-23(7-9-24)31-28-30-17-21-12-14-36(27(21)32-28)19-22-16-25(33(2)3)10-11-26(22)34(4)39(5,37)38/h6-12,14,16-17,20,29H,13,15,18-19H2,1-5H3,(H,30,31,32)/t20-/m0/s1. The fourth-order valence-corrected chi connectivity index (χ4v) is 5.39. The van der Waals surface area contributed by atoms with Gasteiger partial charge in [-0.05, 0) is 61.0 Å². The lowest BCUT2D eigenvalue weighted by Gasteiger charge is -2.33. The third kappa shape index (κ3) is 5.94. The molecule has 3 heterocycles. The summed E-state index contributed by atoms with van der Waals surface area (Å²) in [6.07, 6.45) is 4.97. The zero-order chi connectivity index (χ0) is 27.7. The number of rotatable bonds is 8. The van der Waals surface area contributed by atoms with Crippen molar-refractivity contribution in [1.29, 1.82) is 0 Å². The molecule has 11 heteroatoms. The first-order valence-corrected chi connectivity index (χ1v) is 14.8. The maximum Gasteiger partial charge on any atom is 0.232 e. The van der Waals surface area contributed by atoms with Crippen LogP contribution in [0, 0.1) is 0 Å². The number of aromatic nitrogens is 3. The van der Waals surface area contributed by atoms with E-state index in [2.05, 4.69) is 51.7 Å². The van der Waals surface area contributed by atoms with Crippen molar-refractivity contribution in [2.75, 3.05) is 66.5 Å². The van der Waals surface area contributed by atoms with Crippen molar-refractivity contribution in [1.82, 2.24) is 19.9 Å². The summed E-state index contributed by atoms with van der Waals surface area (Å²) >= 11 is 0. The largest absolute Gasteiger partial charge is 0.378 e. The van der Waals surface area contributed by atoms with Crippen LogP contribution in [0.15, 0.2) is 60.9 Å². The van der Waals surface area contributed by atoms with Gasteiger partial charge in [-0.1, -0.05) is 0 Å². The lowest BCUT2D eigenvalue weighted by atomic mass is 10.1. The van der Waals surface area contributed by atoms with E-state index in [0.29, 0.717) is 24.2 Å². The highest BCUT2D eigenvalue weighted by Gasteiger charge is 2.18. The van der Waals surface area contributed by atoms with Crippen LogP contribution in [0.4, 0.5) is 28.7 Å². The van der Waals surface area contributed by atoms with Gasteiger partial charge in [0.05, 0.1) is 18.5 Å². The predicted octanol–water partition coefficient (Wildman–Crippen LogP) is 3.48. The third-order valence-electron chi connectivity index (χ3n) is 7.12. The van der Waals surface area contributed by atoms with Gasteiger partial charge < -0.3 is 25.0 Å². The Labute approximate surface area is 230 Å². The molecule has 10 nitrogen and oxygen atoms in total. The molecule has 0 amide bonds. The summed E-state index contributed by atoms with van der Waals surface area (Å²) < 4.78 is 28.0. The van der Waals surface area contributed by atoms with Crippen LogP contribution in [-0.2, 0) is 16.6 Å². The first-order chi connectivity index (χ1) is 18.6. The van der Waals surface area contributed by atoms with Gasteiger partial charge in [0.15, 0.2) is 0 Å². The number of hydrogen-bond acceptors (Lipinski definition) is 8. The van der Waals surface area contributed by atoms with E-state index in [1.54, 1.807) is 13.2 Å². The van der Waals surface area contributed by atoms with Crippen LogP contribution in [0.3, 0.4) is 0 Å². The molecular weight excluding hydrogens is 512 g/mol. The Hall–Kier alpha value is -3.83. The first-order valence-electron chi connectivity index (χ1n) is 13.0. The Balaban J connectivity index is 1.40. The number of nitrogens with one attached hydrogen (secondary N) is 2. The van der Waals surface area contributed by atoms with Crippen LogP contribution in [0.1, 0.15) is 12.5 Å². The van der Waals surface area contributed by atoms with Crippen molar-refractivity contribution in [3.63, 3.8) is 0 Å². The number of hydrogen-bond donors (Lipinski definition) is 2. The summed E-state index contributed by atoms with van der Waals surface area (Å²) in [7, 11) is 2.09. The summed E-state index contributed by atoms with van der Waals surface area (Å²) in [5, 5.41) is 7.71. The second-order valence-electron chi connectivity index (χ2n) is 10.3. The zero-order valence-corrected chi connectivity index (χ0v) is 23.9. The molecule has 2 N–H and O–H groups in total. The Bertz CT molecular complexity index is 1570. The van der Waals surface area contributed by atoms with E-state index in [1.165, 1.54) is 16.2 Å². The molecule has 0 bridgehead atoms. The molecule has 0 aliphatic carbocycles. The molecule has 1 atom stereocenters. The van der Waals surface area contributed by atoms with E-state index in [1.807, 2.05) is 54.0 Å². The summed E-state index contributed by atoms with van der Waals surface area (Å²) in [6, 6.07) is 16.6. The van der Waals surface area contributed by atoms with E-state index < -0.39 is 10.0 Å². The molecule has 5 rings (SSSR count). The number of sulfonamides is 1. The molecule has 2 aromatic heterocycles. The highest BCUT2D eigenvalue weighted by Crippen LogP contribution is 2.29. The Morgan fingerprint density at radius 1 is 1.10 bits per heavy atom. The fraction of sp³-hybridized carbons (Fsp3) is 0.357. The molecule has 1 saturated heterocycles. The quantitative estimate of drug-likeness (QED) is 0.345. The van der Waals surface area contributed by atoms with E-state index in [9.17, 15) is 8.42 Å². The van der Waals surface area contributed by atoms with Crippen LogP contribution in [0.5, 0.6) is 0 Å². The number of piperazine rings is 1. The second-order valence-corrected chi connectivity index (χ2v) is 12.3. The lowest BCUT2D eigenvalue weighted by molar-refractivity contribution is 0.485. The van der Waals surface area contributed by atoms with Gasteiger partial charge in [-0.25, -0.2) is 13.4 Å². The van der Waals surface area contributed by atoms with Gasteiger partial charge >= 0.3 is 0 Å². The average Bonchev–Trinajstić information content (AvgIpc) is 3.30. The van der Waals surface area contributed by atoms with Crippen molar-refractivity contribution >= 4 is 49.8 Å². The molecule has 2 aromatic carbocycles. The van der Waals surface area contributed by atoms with Gasteiger partial charge in [0.2, 0.25) is 16.0 Å². The maximum atomic E-state index is 12.3. The minimum atomic E-state index is -3.42. The average molecular weight is 549 g/mol. The van der Waals surface area contributed by atoms with Gasteiger partial charge in [-0.3, -0.25) is 4.31 Å². The summed E-state index contributed by atoms with van der Waals surface area (Å²) in [5.74, 6) is 0.501. The van der Waals surface area contributed by atoms with Crippen molar-refractivity contribution in [3.05, 3.63) is 66.5 Å². The molecule has 1 aliphatic heterocycles. The normalized spacial score (nSPS) is 15.9. The van der Waals surface area contributed by atoms with Crippen LogP contribution < -0.4 is 24.7 Å². The summed E-state index contributed by atoms with van der Waals surface area (Å²) in [6.45, 7) is 5.62. The zero-order valence-electron chi connectivity index (χ0n) is 23.1. The molecule has 1 aliphatic rings. The van der Waals surface area contributed by atoms with E-state index in [0.717, 1.165) is 47.6 Å². The number of fused-ring (bicyclic) bond motifs is 1. The van der Waals surface area contributed by atoms with E-state index in [-0.39, 0.29) is 0 Å². The molecule has 0 radical (unpaired) electrons. The highest BCUT2D eigenvalue weighted by atomic mass is 32.2. The molecular formula is C28H36N8O2S. The molecule has 0 saturated carbocycles. The predicted molar refractivity (Wildman–Crippen MR) is 160 cm³/mol. The first kappa shape index (κ1) is 26.8. The maximum absolute atomic E-state index is 12.3.